The third kappa shape index (κ3) is 3.20. The van der Waals surface area contributed by atoms with Gasteiger partial charge in [-0.1, -0.05) is 6.08 Å². The molecule has 5 nitrogen and oxygen atoms in total. The Morgan fingerprint density at radius 2 is 2.50 bits per heavy atom. The molecular formula is C13H20N4O. The molecule has 1 amide bonds. The van der Waals surface area contributed by atoms with Crippen LogP contribution >= 0.6 is 0 Å². The summed E-state index contributed by atoms with van der Waals surface area (Å²) in [5.74, 6) is 1.07. The molecule has 0 spiro atoms. The Bertz CT molecular complexity index is 422. The van der Waals surface area contributed by atoms with Crippen LogP contribution in [0.4, 0.5) is 0 Å². The summed E-state index contributed by atoms with van der Waals surface area (Å²) in [5.41, 5.74) is 0. The highest BCUT2D eigenvalue weighted by atomic mass is 16.2. The van der Waals surface area contributed by atoms with Gasteiger partial charge in [0.1, 0.15) is 5.82 Å². The van der Waals surface area contributed by atoms with Gasteiger partial charge in [-0.05, 0) is 12.8 Å². The van der Waals surface area contributed by atoms with Crippen LogP contribution in [-0.2, 0) is 18.4 Å². The average Bonchev–Trinajstić information content (AvgIpc) is 3.11. The van der Waals surface area contributed by atoms with Crippen molar-refractivity contribution in [3.8, 4) is 0 Å². The van der Waals surface area contributed by atoms with Gasteiger partial charge in [0, 0.05) is 32.0 Å². The molecule has 0 saturated heterocycles. The van der Waals surface area contributed by atoms with Crippen LogP contribution in [0.5, 0.6) is 0 Å². The van der Waals surface area contributed by atoms with E-state index >= 15 is 0 Å². The van der Waals surface area contributed by atoms with Crippen LogP contribution < -0.4 is 5.32 Å². The number of imidazole rings is 1. The molecule has 1 aliphatic rings. The lowest BCUT2D eigenvalue weighted by Gasteiger charge is -2.22. The highest BCUT2D eigenvalue weighted by molar-refractivity contribution is 5.78. The van der Waals surface area contributed by atoms with Gasteiger partial charge in [0.25, 0.3) is 0 Å². The Hall–Kier alpha value is -1.62. The van der Waals surface area contributed by atoms with E-state index in [1.807, 2.05) is 22.7 Å². The van der Waals surface area contributed by atoms with Gasteiger partial charge in [-0.15, -0.1) is 6.58 Å². The lowest BCUT2D eigenvalue weighted by molar-refractivity contribution is -0.131. The van der Waals surface area contributed by atoms with Crippen molar-refractivity contribution in [1.82, 2.24) is 19.8 Å². The molecule has 1 N–H and O–H groups in total. The van der Waals surface area contributed by atoms with Crippen molar-refractivity contribution in [2.24, 2.45) is 7.05 Å². The molecule has 0 bridgehead atoms. The zero-order chi connectivity index (χ0) is 13.0. The molecule has 1 heterocycles. The second-order valence-electron chi connectivity index (χ2n) is 4.63. The quantitative estimate of drug-likeness (QED) is 0.570. The number of hydrogen-bond acceptors (Lipinski definition) is 3. The summed E-state index contributed by atoms with van der Waals surface area (Å²) in [7, 11) is 1.95. The van der Waals surface area contributed by atoms with Crippen LogP contribution in [0, 0.1) is 0 Å². The van der Waals surface area contributed by atoms with E-state index < -0.39 is 0 Å². The molecule has 1 fully saturated rings. The van der Waals surface area contributed by atoms with Gasteiger partial charge in [0.05, 0.1) is 13.1 Å². The van der Waals surface area contributed by atoms with Gasteiger partial charge < -0.3 is 14.8 Å². The summed E-state index contributed by atoms with van der Waals surface area (Å²) in [4.78, 5) is 18.3. The summed E-state index contributed by atoms with van der Waals surface area (Å²) in [5, 5.41) is 3.06. The topological polar surface area (TPSA) is 50.2 Å². The van der Waals surface area contributed by atoms with E-state index in [9.17, 15) is 4.79 Å². The van der Waals surface area contributed by atoms with Crippen LogP contribution in [-0.4, -0.2) is 39.5 Å². The first-order valence-electron chi connectivity index (χ1n) is 6.29. The van der Waals surface area contributed by atoms with E-state index in [4.69, 9.17) is 0 Å². The number of nitrogens with zero attached hydrogens (tertiary/aromatic N) is 3. The van der Waals surface area contributed by atoms with Gasteiger partial charge >= 0.3 is 0 Å². The van der Waals surface area contributed by atoms with Crippen LogP contribution in [0.1, 0.15) is 18.7 Å². The Morgan fingerprint density at radius 1 is 1.72 bits per heavy atom. The maximum atomic E-state index is 12.1. The van der Waals surface area contributed by atoms with Crippen molar-refractivity contribution >= 4 is 5.91 Å². The zero-order valence-electron chi connectivity index (χ0n) is 10.8. The molecule has 1 aromatic rings. The molecule has 18 heavy (non-hydrogen) atoms. The molecule has 5 heteroatoms. The fourth-order valence-electron chi connectivity index (χ4n) is 1.89. The lowest BCUT2D eigenvalue weighted by Crippen LogP contribution is -2.39. The molecule has 2 rings (SSSR count). The Morgan fingerprint density at radius 3 is 3.06 bits per heavy atom. The highest BCUT2D eigenvalue weighted by Crippen LogP contribution is 2.28. The number of amides is 1. The second kappa shape index (κ2) is 5.82. The van der Waals surface area contributed by atoms with Gasteiger partial charge in [-0.2, -0.15) is 0 Å². The summed E-state index contributed by atoms with van der Waals surface area (Å²) in [6.07, 6.45) is 7.64. The molecule has 0 aromatic carbocycles. The zero-order valence-corrected chi connectivity index (χ0v) is 10.8. The minimum Gasteiger partial charge on any atom is -0.337 e. The van der Waals surface area contributed by atoms with Crippen molar-refractivity contribution in [1.29, 1.82) is 0 Å². The van der Waals surface area contributed by atoms with E-state index in [1.165, 1.54) is 0 Å². The second-order valence-corrected chi connectivity index (χ2v) is 4.63. The van der Waals surface area contributed by atoms with Gasteiger partial charge in [-0.3, -0.25) is 4.79 Å². The van der Waals surface area contributed by atoms with E-state index in [0.717, 1.165) is 18.7 Å². The van der Waals surface area contributed by atoms with Gasteiger partial charge in [-0.25, -0.2) is 4.98 Å². The lowest BCUT2D eigenvalue weighted by atomic mass is 10.4. The summed E-state index contributed by atoms with van der Waals surface area (Å²) in [6, 6.07) is 0.403. The van der Waals surface area contributed by atoms with Crippen LogP contribution in [0.25, 0.3) is 0 Å². The smallest absolute Gasteiger partial charge is 0.237 e. The summed E-state index contributed by atoms with van der Waals surface area (Å²) in [6.45, 7) is 5.25. The van der Waals surface area contributed by atoms with Crippen LogP contribution in [0.15, 0.2) is 25.0 Å². The third-order valence-corrected chi connectivity index (χ3v) is 3.11. The monoisotopic (exact) mass is 248 g/mol. The number of rotatable bonds is 7. The number of carbonyl (C=O) groups excluding carboxylic acids is 1. The minimum atomic E-state index is 0.141. The first-order valence-corrected chi connectivity index (χ1v) is 6.29. The Balaban J connectivity index is 1.93. The van der Waals surface area contributed by atoms with E-state index in [0.29, 0.717) is 25.7 Å². The highest BCUT2D eigenvalue weighted by Gasteiger charge is 2.32. The van der Waals surface area contributed by atoms with E-state index in [-0.39, 0.29) is 5.91 Å². The van der Waals surface area contributed by atoms with Crippen molar-refractivity contribution in [2.45, 2.75) is 25.4 Å². The summed E-state index contributed by atoms with van der Waals surface area (Å²) < 4.78 is 1.96. The molecule has 0 radical (unpaired) electrons. The molecule has 98 valence electrons. The van der Waals surface area contributed by atoms with Gasteiger partial charge in [0.15, 0.2) is 0 Å². The molecule has 0 aliphatic heterocycles. The fourth-order valence-corrected chi connectivity index (χ4v) is 1.89. The van der Waals surface area contributed by atoms with E-state index in [1.54, 1.807) is 12.3 Å². The molecular weight excluding hydrogens is 228 g/mol. The maximum absolute atomic E-state index is 12.1. The molecule has 0 atom stereocenters. The minimum absolute atomic E-state index is 0.141. The number of hydrogen-bond donors (Lipinski definition) is 1. The number of carbonyl (C=O) groups is 1. The molecule has 0 unspecified atom stereocenters. The van der Waals surface area contributed by atoms with Crippen LogP contribution in [0.2, 0.25) is 0 Å². The number of aromatic nitrogens is 2. The van der Waals surface area contributed by atoms with Crippen LogP contribution in [0.3, 0.4) is 0 Å². The predicted octanol–water partition coefficient (Wildman–Crippen LogP) is 0.687. The summed E-state index contributed by atoms with van der Waals surface area (Å²) >= 11 is 0. The third-order valence-electron chi connectivity index (χ3n) is 3.11. The SMILES string of the molecule is C=CCNCC(=O)N(Cc1nccn1C)C1CC1. The normalized spacial score (nSPS) is 14.5. The fraction of sp³-hybridized carbons (Fsp3) is 0.538. The predicted molar refractivity (Wildman–Crippen MR) is 69.8 cm³/mol. The Kier molecular flexibility index (Phi) is 4.15. The van der Waals surface area contributed by atoms with E-state index in [2.05, 4.69) is 16.9 Å². The first-order chi connectivity index (χ1) is 8.72. The number of aryl methyl sites for hydroxylation is 1. The maximum Gasteiger partial charge on any atom is 0.237 e. The number of nitrogens with one attached hydrogen (secondary N) is 1. The first kappa shape index (κ1) is 12.8. The van der Waals surface area contributed by atoms with Crippen molar-refractivity contribution in [2.75, 3.05) is 13.1 Å². The van der Waals surface area contributed by atoms with Crippen molar-refractivity contribution < 1.29 is 4.79 Å². The van der Waals surface area contributed by atoms with Gasteiger partial charge in [0.2, 0.25) is 5.91 Å². The Labute approximate surface area is 107 Å². The largest absolute Gasteiger partial charge is 0.337 e. The molecule has 1 aliphatic carbocycles. The molecule has 1 aromatic heterocycles. The van der Waals surface area contributed by atoms with Crippen molar-refractivity contribution in [3.63, 3.8) is 0 Å². The van der Waals surface area contributed by atoms with Crippen molar-refractivity contribution in [3.05, 3.63) is 30.9 Å². The molecule has 1 saturated carbocycles. The average molecular weight is 248 g/mol. The standard InChI is InChI=1S/C13H20N4O/c1-3-6-14-9-13(18)17(11-4-5-11)10-12-15-7-8-16(12)2/h3,7-8,11,14H,1,4-6,9-10H2,2H3.